The molecule has 0 atom stereocenters. The molecule has 8 heteroatoms. The van der Waals surface area contributed by atoms with Gasteiger partial charge in [0.15, 0.2) is 11.0 Å². The van der Waals surface area contributed by atoms with Crippen molar-refractivity contribution in [3.05, 3.63) is 47.2 Å². The Bertz CT molecular complexity index is 675. The molecule has 2 aromatic rings. The highest BCUT2D eigenvalue weighted by Gasteiger charge is 2.13. The molecule has 0 aliphatic rings. The predicted molar refractivity (Wildman–Crippen MR) is 87.1 cm³/mol. The molecule has 22 heavy (non-hydrogen) atoms. The maximum Gasteiger partial charge on any atom is 0.313 e. The van der Waals surface area contributed by atoms with E-state index < -0.39 is 5.97 Å². The van der Waals surface area contributed by atoms with E-state index in [1.165, 1.54) is 0 Å². The minimum atomic E-state index is -0.898. The van der Waals surface area contributed by atoms with Gasteiger partial charge in [0.2, 0.25) is 0 Å². The Labute approximate surface area is 140 Å². The smallest absolute Gasteiger partial charge is 0.313 e. The lowest BCUT2D eigenvalue weighted by Gasteiger charge is -2.09. The van der Waals surface area contributed by atoms with E-state index in [9.17, 15) is 4.79 Å². The van der Waals surface area contributed by atoms with Crippen molar-refractivity contribution in [2.24, 2.45) is 0 Å². The lowest BCUT2D eigenvalue weighted by atomic mass is 10.3. The van der Waals surface area contributed by atoms with Gasteiger partial charge in [-0.1, -0.05) is 39.8 Å². The Balaban J connectivity index is 2.09. The lowest BCUT2D eigenvalue weighted by molar-refractivity contribution is -0.133. The summed E-state index contributed by atoms with van der Waals surface area (Å²) in [6.07, 6.45) is 1.71. The van der Waals surface area contributed by atoms with E-state index in [1.54, 1.807) is 10.6 Å². The van der Waals surface area contributed by atoms with Crippen LogP contribution in [0.25, 0.3) is 0 Å². The Kier molecular flexibility index (Phi) is 6.02. The minimum Gasteiger partial charge on any atom is -0.486 e. The first-order chi connectivity index (χ1) is 10.6. The molecular formula is C14H14BrN3O3S. The molecule has 0 unspecified atom stereocenters. The average molecular weight is 384 g/mol. The van der Waals surface area contributed by atoms with E-state index in [0.717, 1.165) is 16.2 Å². The highest BCUT2D eigenvalue weighted by Crippen LogP contribution is 2.20. The molecule has 1 aromatic carbocycles. The summed E-state index contributed by atoms with van der Waals surface area (Å²) in [5.74, 6) is 0.363. The van der Waals surface area contributed by atoms with Gasteiger partial charge in [-0.3, -0.25) is 9.36 Å². The minimum absolute atomic E-state index is 0.0677. The molecular weight excluding hydrogens is 370 g/mol. The van der Waals surface area contributed by atoms with E-state index in [-0.39, 0.29) is 12.4 Å². The molecule has 0 radical (unpaired) electrons. The third-order valence-corrected chi connectivity index (χ3v) is 4.04. The highest BCUT2D eigenvalue weighted by atomic mass is 79.9. The largest absolute Gasteiger partial charge is 0.486 e. The molecule has 0 amide bonds. The Morgan fingerprint density at radius 3 is 3.00 bits per heavy atom. The first kappa shape index (κ1) is 16.6. The number of carboxylic acids is 1. The molecule has 0 saturated heterocycles. The third kappa shape index (κ3) is 4.60. The van der Waals surface area contributed by atoms with Crippen molar-refractivity contribution in [3.63, 3.8) is 0 Å². The number of nitrogens with zero attached hydrogens (tertiary/aromatic N) is 3. The van der Waals surface area contributed by atoms with Crippen molar-refractivity contribution in [1.29, 1.82) is 0 Å². The first-order valence-electron chi connectivity index (χ1n) is 6.36. The summed E-state index contributed by atoms with van der Waals surface area (Å²) in [7, 11) is 0. The van der Waals surface area contributed by atoms with Gasteiger partial charge in [0, 0.05) is 11.0 Å². The molecule has 1 heterocycles. The summed E-state index contributed by atoms with van der Waals surface area (Å²) in [6, 6.07) is 7.49. The van der Waals surface area contributed by atoms with Gasteiger partial charge in [0.25, 0.3) is 0 Å². The summed E-state index contributed by atoms with van der Waals surface area (Å²) in [4.78, 5) is 10.7. The van der Waals surface area contributed by atoms with Crippen LogP contribution in [0.3, 0.4) is 0 Å². The van der Waals surface area contributed by atoms with Crippen molar-refractivity contribution in [1.82, 2.24) is 14.8 Å². The van der Waals surface area contributed by atoms with Gasteiger partial charge in [0.05, 0.1) is 5.75 Å². The van der Waals surface area contributed by atoms with Crippen LogP contribution in [-0.4, -0.2) is 31.6 Å². The number of hydrogen-bond acceptors (Lipinski definition) is 5. The molecule has 116 valence electrons. The zero-order valence-electron chi connectivity index (χ0n) is 11.6. The molecule has 0 fully saturated rings. The fourth-order valence-electron chi connectivity index (χ4n) is 1.68. The quantitative estimate of drug-likeness (QED) is 0.557. The number of ether oxygens (including phenoxy) is 1. The van der Waals surface area contributed by atoms with Crippen LogP contribution in [0.4, 0.5) is 0 Å². The number of hydrogen-bond donors (Lipinski definition) is 1. The van der Waals surface area contributed by atoms with Crippen LogP contribution in [0.5, 0.6) is 5.75 Å². The number of aromatic nitrogens is 3. The molecule has 0 bridgehead atoms. The summed E-state index contributed by atoms with van der Waals surface area (Å²) in [5.41, 5.74) is 0. The maximum atomic E-state index is 10.7. The number of halogens is 1. The van der Waals surface area contributed by atoms with Crippen LogP contribution in [0.1, 0.15) is 5.82 Å². The molecule has 0 saturated carbocycles. The zero-order valence-corrected chi connectivity index (χ0v) is 14.0. The Morgan fingerprint density at radius 2 is 2.32 bits per heavy atom. The van der Waals surface area contributed by atoms with E-state index in [2.05, 4.69) is 32.7 Å². The van der Waals surface area contributed by atoms with Gasteiger partial charge in [-0.25, -0.2) is 0 Å². The van der Waals surface area contributed by atoms with Gasteiger partial charge < -0.3 is 9.84 Å². The monoisotopic (exact) mass is 383 g/mol. The van der Waals surface area contributed by atoms with Crippen LogP contribution in [0, 0.1) is 0 Å². The van der Waals surface area contributed by atoms with Gasteiger partial charge in [-0.15, -0.1) is 16.8 Å². The van der Waals surface area contributed by atoms with Gasteiger partial charge in [-0.05, 0) is 18.2 Å². The number of aliphatic carboxylic acids is 1. The zero-order chi connectivity index (χ0) is 15.9. The normalized spacial score (nSPS) is 10.4. The van der Waals surface area contributed by atoms with Crippen molar-refractivity contribution in [2.75, 3.05) is 5.75 Å². The predicted octanol–water partition coefficient (Wildman–Crippen LogP) is 2.98. The number of benzene rings is 1. The standard InChI is InChI=1S/C14H14BrN3O3S/c1-2-6-18-12(16-17-14(18)22-9-13(19)20)8-21-11-5-3-4-10(15)7-11/h2-5,7H,1,6,8-9H2,(H,19,20). The molecule has 1 aromatic heterocycles. The molecule has 6 nitrogen and oxygen atoms in total. The van der Waals surface area contributed by atoms with Crippen molar-refractivity contribution in [2.45, 2.75) is 18.3 Å². The topological polar surface area (TPSA) is 77.2 Å². The fourth-order valence-corrected chi connectivity index (χ4v) is 2.74. The summed E-state index contributed by atoms with van der Waals surface area (Å²) in [6.45, 7) is 4.43. The molecule has 0 spiro atoms. The van der Waals surface area contributed by atoms with Crippen LogP contribution >= 0.6 is 27.7 Å². The van der Waals surface area contributed by atoms with E-state index in [1.807, 2.05) is 24.3 Å². The first-order valence-corrected chi connectivity index (χ1v) is 8.14. The molecule has 0 aliphatic carbocycles. The van der Waals surface area contributed by atoms with E-state index >= 15 is 0 Å². The number of allylic oxidation sites excluding steroid dienone is 1. The van der Waals surface area contributed by atoms with Crippen molar-refractivity contribution >= 4 is 33.7 Å². The highest BCUT2D eigenvalue weighted by molar-refractivity contribution is 9.10. The van der Waals surface area contributed by atoms with Gasteiger partial charge in [-0.2, -0.15) is 0 Å². The number of rotatable bonds is 8. The number of carbonyl (C=O) groups is 1. The summed E-state index contributed by atoms with van der Waals surface area (Å²) < 4.78 is 8.40. The Hall–Kier alpha value is -1.80. The second-order valence-electron chi connectivity index (χ2n) is 4.23. The van der Waals surface area contributed by atoms with Crippen LogP contribution in [-0.2, 0) is 17.9 Å². The molecule has 1 N–H and O–H groups in total. The number of carboxylic acid groups (broad SMARTS) is 1. The van der Waals surface area contributed by atoms with Crippen molar-refractivity contribution < 1.29 is 14.6 Å². The third-order valence-electron chi connectivity index (χ3n) is 2.59. The van der Waals surface area contributed by atoms with E-state index in [0.29, 0.717) is 23.3 Å². The molecule has 0 aliphatic heterocycles. The van der Waals surface area contributed by atoms with E-state index in [4.69, 9.17) is 9.84 Å². The second-order valence-corrected chi connectivity index (χ2v) is 6.08. The van der Waals surface area contributed by atoms with Crippen molar-refractivity contribution in [3.8, 4) is 5.75 Å². The number of thioether (sulfide) groups is 1. The maximum absolute atomic E-state index is 10.7. The van der Waals surface area contributed by atoms with Gasteiger partial charge in [0.1, 0.15) is 12.4 Å². The average Bonchev–Trinajstić information content (AvgIpc) is 2.86. The van der Waals surface area contributed by atoms with Gasteiger partial charge >= 0.3 is 5.97 Å². The lowest BCUT2D eigenvalue weighted by Crippen LogP contribution is -2.08. The SMILES string of the molecule is C=CCn1c(COc2cccc(Br)c2)nnc1SCC(=O)O. The second kappa shape index (κ2) is 8.00. The van der Waals surface area contributed by atoms with Crippen LogP contribution in [0.2, 0.25) is 0 Å². The molecule has 2 rings (SSSR count). The summed E-state index contributed by atoms with van der Waals surface area (Å²) >= 11 is 4.50. The van der Waals surface area contributed by atoms with Crippen LogP contribution in [0.15, 0.2) is 46.5 Å². The fraction of sp³-hybridized carbons (Fsp3) is 0.214. The van der Waals surface area contributed by atoms with Crippen LogP contribution < -0.4 is 4.74 Å². The Morgan fingerprint density at radius 1 is 1.50 bits per heavy atom. The summed E-state index contributed by atoms with van der Waals surface area (Å²) in [5, 5.41) is 17.4.